The van der Waals surface area contributed by atoms with Crippen LogP contribution in [-0.4, -0.2) is 39.0 Å². The summed E-state index contributed by atoms with van der Waals surface area (Å²) in [4.78, 5) is 21.5. The Balaban J connectivity index is 1.57. The van der Waals surface area contributed by atoms with E-state index in [2.05, 4.69) is 20.0 Å². The van der Waals surface area contributed by atoms with Crippen LogP contribution in [0.2, 0.25) is 0 Å². The quantitative estimate of drug-likeness (QED) is 0.544. The van der Waals surface area contributed by atoms with E-state index in [0.29, 0.717) is 12.0 Å². The van der Waals surface area contributed by atoms with Crippen molar-refractivity contribution in [1.82, 2.24) is 19.7 Å². The maximum absolute atomic E-state index is 13.0. The van der Waals surface area contributed by atoms with E-state index in [-0.39, 0.29) is 11.9 Å². The molecule has 1 aliphatic carbocycles. The van der Waals surface area contributed by atoms with Crippen LogP contribution in [0.1, 0.15) is 23.7 Å². The zero-order chi connectivity index (χ0) is 20.0. The molecule has 146 valence electrons. The van der Waals surface area contributed by atoms with Crippen molar-refractivity contribution in [3.8, 4) is 11.3 Å². The first-order valence-electron chi connectivity index (χ1n) is 9.71. The molecule has 0 aliphatic heterocycles. The number of fused-ring (bicyclic) bond motifs is 3. The molecule has 2 aromatic carbocycles. The summed E-state index contributed by atoms with van der Waals surface area (Å²) in [5.74, 6) is 0.489. The number of hydrogen-bond acceptors (Lipinski definition) is 4. The second-order valence-corrected chi connectivity index (χ2v) is 7.19. The van der Waals surface area contributed by atoms with Crippen molar-refractivity contribution >= 4 is 28.4 Å². The number of nitrogens with zero attached hydrogens (tertiary/aromatic N) is 3. The molecule has 29 heavy (non-hydrogen) atoms. The van der Waals surface area contributed by atoms with Gasteiger partial charge in [0.2, 0.25) is 0 Å². The van der Waals surface area contributed by atoms with Crippen LogP contribution < -0.4 is 10.6 Å². The Morgan fingerprint density at radius 3 is 2.69 bits per heavy atom. The molecule has 5 rings (SSSR count). The highest BCUT2D eigenvalue weighted by Crippen LogP contribution is 2.29. The average molecular weight is 389 g/mol. The number of rotatable bonds is 5. The molecule has 1 amide bonds. The molecule has 6 nitrogen and oxygen atoms in total. The van der Waals surface area contributed by atoms with Gasteiger partial charge in [0.05, 0.1) is 29.0 Å². The molecule has 1 saturated carbocycles. The molecule has 2 N–H and O–H groups in total. The summed E-state index contributed by atoms with van der Waals surface area (Å²) in [6, 6.07) is 14.9. The first-order valence-corrected chi connectivity index (χ1v) is 9.71. The summed E-state index contributed by atoms with van der Waals surface area (Å²) in [6.07, 6.45) is 1.31. The van der Waals surface area contributed by atoms with Crippen LogP contribution >= 0.6 is 0 Å². The second-order valence-electron chi connectivity index (χ2n) is 7.19. The lowest BCUT2D eigenvalue weighted by atomic mass is 10.1. The Kier molecular flexibility index (Phi) is 4.16. The number of alkyl halides is 1. The zero-order valence-electron chi connectivity index (χ0n) is 15.9. The Bertz CT molecular complexity index is 1220. The first-order chi connectivity index (χ1) is 14.2. The van der Waals surface area contributed by atoms with Gasteiger partial charge >= 0.3 is 0 Å². The maximum atomic E-state index is 13.0. The van der Waals surface area contributed by atoms with Crippen LogP contribution in [-0.2, 0) is 0 Å². The summed E-state index contributed by atoms with van der Waals surface area (Å²) in [5.41, 5.74) is 4.95. The van der Waals surface area contributed by atoms with Crippen LogP contribution in [0.25, 0.3) is 27.9 Å². The van der Waals surface area contributed by atoms with Crippen LogP contribution in [0.4, 0.5) is 10.2 Å². The number of carbonyl (C=O) groups is 1. The van der Waals surface area contributed by atoms with Gasteiger partial charge in [0.15, 0.2) is 11.5 Å². The Labute approximate surface area is 166 Å². The summed E-state index contributed by atoms with van der Waals surface area (Å²) in [7, 11) is 0. The lowest BCUT2D eigenvalue weighted by Gasteiger charge is -2.11. The van der Waals surface area contributed by atoms with Crippen LogP contribution in [0.5, 0.6) is 0 Å². The molecular formula is C22H20FN5O. The molecule has 0 radical (unpaired) electrons. The molecule has 0 spiro atoms. The Morgan fingerprint density at radius 1 is 1.21 bits per heavy atom. The van der Waals surface area contributed by atoms with E-state index in [0.717, 1.165) is 40.3 Å². The first kappa shape index (κ1) is 17.6. The van der Waals surface area contributed by atoms with Gasteiger partial charge in [0.1, 0.15) is 6.17 Å². The minimum absolute atomic E-state index is 0.246. The standard InChI is InChI=1S/C22H20FN5O/c1-2-24-20-21-25-12-19(28(21)18-6-4-3-5-16(18)26-20)13-7-9-14(10-8-13)22(29)27-17-11-15(17)23/h3-10,12,15,17H,2,11H2,1H3,(H,24,26)(H,27,29). The van der Waals surface area contributed by atoms with E-state index in [1.807, 2.05) is 49.5 Å². The van der Waals surface area contributed by atoms with E-state index in [1.54, 1.807) is 12.1 Å². The number of halogens is 1. The Morgan fingerprint density at radius 2 is 1.97 bits per heavy atom. The fourth-order valence-corrected chi connectivity index (χ4v) is 3.53. The number of para-hydroxylation sites is 2. The Hall–Kier alpha value is -3.48. The van der Waals surface area contributed by atoms with Crippen molar-refractivity contribution in [2.75, 3.05) is 11.9 Å². The SMILES string of the molecule is CCNc1nc2ccccc2n2c(-c3ccc(C(=O)NC4CC4F)cc3)cnc12. The average Bonchev–Trinajstić information content (AvgIpc) is 3.25. The molecule has 2 unspecified atom stereocenters. The lowest BCUT2D eigenvalue weighted by Crippen LogP contribution is -2.26. The highest BCUT2D eigenvalue weighted by Gasteiger charge is 2.38. The smallest absolute Gasteiger partial charge is 0.251 e. The monoisotopic (exact) mass is 389 g/mol. The van der Waals surface area contributed by atoms with Gasteiger partial charge in [-0.05, 0) is 31.2 Å². The van der Waals surface area contributed by atoms with E-state index in [4.69, 9.17) is 4.98 Å². The van der Waals surface area contributed by atoms with Gasteiger partial charge in [0, 0.05) is 24.1 Å². The molecule has 7 heteroatoms. The van der Waals surface area contributed by atoms with E-state index >= 15 is 0 Å². The number of benzene rings is 2. The number of imidazole rings is 1. The molecular weight excluding hydrogens is 369 g/mol. The normalized spacial score (nSPS) is 18.1. The number of anilines is 1. The minimum atomic E-state index is -0.913. The van der Waals surface area contributed by atoms with E-state index in [9.17, 15) is 9.18 Å². The zero-order valence-corrected chi connectivity index (χ0v) is 15.9. The fraction of sp³-hybridized carbons (Fsp3) is 0.227. The predicted molar refractivity (Wildman–Crippen MR) is 111 cm³/mol. The van der Waals surface area contributed by atoms with Crippen molar-refractivity contribution in [2.24, 2.45) is 0 Å². The number of hydrogen-bond donors (Lipinski definition) is 2. The topological polar surface area (TPSA) is 71.3 Å². The van der Waals surface area contributed by atoms with Crippen molar-refractivity contribution in [2.45, 2.75) is 25.6 Å². The number of aromatic nitrogens is 3. The number of nitrogens with one attached hydrogen (secondary N) is 2. The molecule has 2 aromatic heterocycles. The third kappa shape index (κ3) is 3.08. The predicted octanol–water partition coefficient (Wildman–Crippen LogP) is 3.82. The van der Waals surface area contributed by atoms with Gasteiger partial charge in [-0.1, -0.05) is 24.3 Å². The molecule has 1 fully saturated rings. The van der Waals surface area contributed by atoms with Crippen molar-refractivity contribution in [3.05, 3.63) is 60.3 Å². The highest BCUT2D eigenvalue weighted by molar-refractivity contribution is 5.95. The molecule has 2 atom stereocenters. The third-order valence-electron chi connectivity index (χ3n) is 5.14. The van der Waals surface area contributed by atoms with Gasteiger partial charge in [-0.15, -0.1) is 0 Å². The summed E-state index contributed by atoms with van der Waals surface area (Å²) in [6.45, 7) is 2.77. The maximum Gasteiger partial charge on any atom is 0.251 e. The van der Waals surface area contributed by atoms with Gasteiger partial charge in [-0.25, -0.2) is 14.4 Å². The number of carbonyl (C=O) groups excluding carboxylic acids is 1. The van der Waals surface area contributed by atoms with Gasteiger partial charge in [0.25, 0.3) is 5.91 Å². The van der Waals surface area contributed by atoms with Crippen molar-refractivity contribution < 1.29 is 9.18 Å². The fourth-order valence-electron chi connectivity index (χ4n) is 3.53. The van der Waals surface area contributed by atoms with Crippen molar-refractivity contribution in [3.63, 3.8) is 0 Å². The summed E-state index contributed by atoms with van der Waals surface area (Å²) < 4.78 is 15.1. The molecule has 2 heterocycles. The van der Waals surface area contributed by atoms with Crippen LogP contribution in [0.3, 0.4) is 0 Å². The van der Waals surface area contributed by atoms with Crippen molar-refractivity contribution in [1.29, 1.82) is 0 Å². The van der Waals surface area contributed by atoms with Gasteiger partial charge in [-0.3, -0.25) is 9.20 Å². The van der Waals surface area contributed by atoms with Gasteiger partial charge in [-0.2, -0.15) is 0 Å². The van der Waals surface area contributed by atoms with Crippen LogP contribution in [0.15, 0.2) is 54.7 Å². The largest absolute Gasteiger partial charge is 0.367 e. The lowest BCUT2D eigenvalue weighted by molar-refractivity contribution is 0.0947. The third-order valence-corrected chi connectivity index (χ3v) is 5.14. The van der Waals surface area contributed by atoms with Crippen LogP contribution in [0, 0.1) is 0 Å². The number of amides is 1. The summed E-state index contributed by atoms with van der Waals surface area (Å²) >= 11 is 0. The molecule has 1 aliphatic rings. The molecule has 0 saturated heterocycles. The molecule has 4 aromatic rings. The van der Waals surface area contributed by atoms with E-state index < -0.39 is 6.17 Å². The minimum Gasteiger partial charge on any atom is -0.367 e. The summed E-state index contributed by atoms with van der Waals surface area (Å²) in [5, 5.41) is 5.98. The van der Waals surface area contributed by atoms with E-state index in [1.165, 1.54) is 0 Å². The van der Waals surface area contributed by atoms with Gasteiger partial charge < -0.3 is 10.6 Å². The highest BCUT2D eigenvalue weighted by atomic mass is 19.1. The molecule has 0 bridgehead atoms. The second kappa shape index (κ2) is 6.84.